The second-order valence-corrected chi connectivity index (χ2v) is 5.54. The third-order valence-corrected chi connectivity index (χ3v) is 4.76. The predicted octanol–water partition coefficient (Wildman–Crippen LogP) is 1.53. The first-order chi connectivity index (χ1) is 5.54. The van der Waals surface area contributed by atoms with Crippen molar-refractivity contribution in [3.8, 4) is 0 Å². The Morgan fingerprint density at radius 1 is 1.33 bits per heavy atom. The molecule has 0 saturated carbocycles. The van der Waals surface area contributed by atoms with Gasteiger partial charge in [-0.1, -0.05) is 13.8 Å². The lowest BCUT2D eigenvalue weighted by Gasteiger charge is -2.21. The molecule has 0 aromatic carbocycles. The highest BCUT2D eigenvalue weighted by molar-refractivity contribution is 7.86. The molecule has 0 amide bonds. The molecule has 3 heteroatoms. The molecule has 0 rings (SSSR count). The van der Waals surface area contributed by atoms with Crippen molar-refractivity contribution in [1.29, 1.82) is 0 Å². The smallest absolute Gasteiger partial charge is 0.0472 e. The van der Waals surface area contributed by atoms with Crippen LogP contribution in [0.3, 0.4) is 0 Å². The minimum absolute atomic E-state index is 0.241. The molecule has 74 valence electrons. The maximum atomic E-state index is 11.7. The molecule has 0 spiro atoms. The van der Waals surface area contributed by atoms with E-state index in [9.17, 15) is 4.21 Å². The van der Waals surface area contributed by atoms with Gasteiger partial charge in [0.1, 0.15) is 0 Å². The maximum Gasteiger partial charge on any atom is 0.0472 e. The summed E-state index contributed by atoms with van der Waals surface area (Å²) in [6, 6.07) is 0.333. The molecule has 4 atom stereocenters. The molecule has 2 nitrogen and oxygen atoms in total. The van der Waals surface area contributed by atoms with Crippen LogP contribution in [0.4, 0.5) is 0 Å². The lowest BCUT2D eigenvalue weighted by atomic mass is 10.3. The van der Waals surface area contributed by atoms with Crippen LogP contribution in [0.1, 0.15) is 34.1 Å². The van der Waals surface area contributed by atoms with E-state index in [-0.39, 0.29) is 5.25 Å². The van der Waals surface area contributed by atoms with E-state index in [0.29, 0.717) is 11.3 Å². The Labute approximate surface area is 78.6 Å². The van der Waals surface area contributed by atoms with Crippen LogP contribution in [0.2, 0.25) is 0 Å². The fraction of sp³-hybridized carbons (Fsp3) is 1.00. The van der Waals surface area contributed by atoms with Gasteiger partial charge in [-0.05, 0) is 27.3 Å². The van der Waals surface area contributed by atoms with Crippen molar-refractivity contribution in [3.05, 3.63) is 0 Å². The first-order valence-corrected chi connectivity index (χ1v) is 5.88. The van der Waals surface area contributed by atoms with Crippen molar-refractivity contribution in [2.24, 2.45) is 0 Å². The third kappa shape index (κ3) is 3.23. The summed E-state index contributed by atoms with van der Waals surface area (Å²) in [6.07, 6.45) is 0.993. The highest BCUT2D eigenvalue weighted by atomic mass is 32.2. The predicted molar refractivity (Wildman–Crippen MR) is 55.9 cm³/mol. The quantitative estimate of drug-likeness (QED) is 0.714. The Morgan fingerprint density at radius 2 is 1.83 bits per heavy atom. The average molecular weight is 191 g/mol. The van der Waals surface area contributed by atoms with Gasteiger partial charge in [0.25, 0.3) is 0 Å². The van der Waals surface area contributed by atoms with E-state index in [2.05, 4.69) is 26.1 Å². The fourth-order valence-corrected chi connectivity index (χ4v) is 2.57. The van der Waals surface area contributed by atoms with E-state index in [1.165, 1.54) is 0 Å². The Kier molecular flexibility index (Phi) is 5.76. The fourth-order valence-electron chi connectivity index (χ4n) is 0.967. The van der Waals surface area contributed by atoms with E-state index in [1.807, 2.05) is 14.0 Å². The van der Waals surface area contributed by atoms with Crippen molar-refractivity contribution in [3.63, 3.8) is 0 Å². The Hall–Kier alpha value is 0.110. The van der Waals surface area contributed by atoms with E-state index in [0.717, 1.165) is 6.42 Å². The van der Waals surface area contributed by atoms with Crippen molar-refractivity contribution < 1.29 is 4.21 Å². The number of hydrogen-bond donors (Lipinski definition) is 1. The molecule has 12 heavy (non-hydrogen) atoms. The van der Waals surface area contributed by atoms with Crippen LogP contribution >= 0.6 is 0 Å². The zero-order chi connectivity index (χ0) is 9.72. The van der Waals surface area contributed by atoms with Gasteiger partial charge in [0.15, 0.2) is 0 Å². The van der Waals surface area contributed by atoms with Crippen molar-refractivity contribution in [1.82, 2.24) is 5.32 Å². The minimum atomic E-state index is -0.702. The van der Waals surface area contributed by atoms with Crippen LogP contribution in [0, 0.1) is 0 Å². The SMILES string of the molecule is CCC(C)S(=O)C(C)C(C)NC. The van der Waals surface area contributed by atoms with E-state index in [1.54, 1.807) is 0 Å². The summed E-state index contributed by atoms with van der Waals surface area (Å²) in [5.74, 6) is 0. The molecular formula is C9H21NOS. The van der Waals surface area contributed by atoms with Gasteiger partial charge < -0.3 is 5.32 Å². The zero-order valence-electron chi connectivity index (χ0n) is 8.76. The molecule has 0 aliphatic carbocycles. The standard InChI is InChI=1S/C9H21NOS/c1-6-7(2)12(11)9(4)8(3)10-5/h7-10H,6H2,1-5H3. The van der Waals surface area contributed by atoms with Gasteiger partial charge >= 0.3 is 0 Å². The van der Waals surface area contributed by atoms with E-state index in [4.69, 9.17) is 0 Å². The lowest BCUT2D eigenvalue weighted by Crippen LogP contribution is -2.38. The lowest BCUT2D eigenvalue weighted by molar-refractivity contribution is 0.578. The zero-order valence-corrected chi connectivity index (χ0v) is 9.57. The Balaban J connectivity index is 4.09. The van der Waals surface area contributed by atoms with E-state index < -0.39 is 10.8 Å². The average Bonchev–Trinajstić information content (AvgIpc) is 2.12. The molecule has 0 aliphatic rings. The first-order valence-electron chi connectivity index (χ1n) is 4.61. The molecule has 0 heterocycles. The summed E-state index contributed by atoms with van der Waals surface area (Å²) >= 11 is 0. The van der Waals surface area contributed by atoms with Gasteiger partial charge in [-0.15, -0.1) is 0 Å². The summed E-state index contributed by atoms with van der Waals surface area (Å²) in [4.78, 5) is 0. The van der Waals surface area contributed by atoms with Crippen molar-refractivity contribution >= 4 is 10.8 Å². The molecule has 0 radical (unpaired) electrons. The highest BCUT2D eigenvalue weighted by Crippen LogP contribution is 2.10. The second kappa shape index (κ2) is 5.70. The summed E-state index contributed by atoms with van der Waals surface area (Å²) in [7, 11) is 1.21. The third-order valence-electron chi connectivity index (χ3n) is 2.50. The second-order valence-electron chi connectivity index (χ2n) is 3.33. The monoisotopic (exact) mass is 191 g/mol. The van der Waals surface area contributed by atoms with Gasteiger partial charge in [0.05, 0.1) is 0 Å². The van der Waals surface area contributed by atoms with Gasteiger partial charge in [0, 0.05) is 27.3 Å². The number of rotatable bonds is 5. The van der Waals surface area contributed by atoms with Crippen LogP contribution in [0.15, 0.2) is 0 Å². The van der Waals surface area contributed by atoms with Crippen LogP contribution in [0.25, 0.3) is 0 Å². The molecule has 0 saturated heterocycles. The molecule has 0 aromatic heterocycles. The van der Waals surface area contributed by atoms with Crippen LogP contribution in [-0.4, -0.2) is 27.8 Å². The molecule has 0 aromatic rings. The Bertz CT molecular complexity index is 149. The Morgan fingerprint density at radius 3 is 2.17 bits per heavy atom. The normalized spacial score (nSPS) is 21.4. The summed E-state index contributed by atoms with van der Waals surface area (Å²) in [5, 5.41) is 3.69. The van der Waals surface area contributed by atoms with Crippen LogP contribution in [-0.2, 0) is 10.8 Å². The molecule has 4 unspecified atom stereocenters. The molecule has 0 bridgehead atoms. The molecule has 0 aliphatic heterocycles. The summed E-state index contributed by atoms with van der Waals surface area (Å²) in [5.41, 5.74) is 0. The van der Waals surface area contributed by atoms with Crippen molar-refractivity contribution in [2.75, 3.05) is 7.05 Å². The molecular weight excluding hydrogens is 170 g/mol. The van der Waals surface area contributed by atoms with Crippen LogP contribution in [0.5, 0.6) is 0 Å². The summed E-state index contributed by atoms with van der Waals surface area (Å²) in [6.45, 7) is 8.25. The number of hydrogen-bond acceptors (Lipinski definition) is 2. The van der Waals surface area contributed by atoms with Gasteiger partial charge in [-0.3, -0.25) is 4.21 Å². The van der Waals surface area contributed by atoms with Gasteiger partial charge in [-0.25, -0.2) is 0 Å². The topological polar surface area (TPSA) is 29.1 Å². The molecule has 0 fully saturated rings. The highest BCUT2D eigenvalue weighted by Gasteiger charge is 2.20. The molecule has 1 N–H and O–H groups in total. The first kappa shape index (κ1) is 12.1. The largest absolute Gasteiger partial charge is 0.316 e. The van der Waals surface area contributed by atoms with Gasteiger partial charge in [0.2, 0.25) is 0 Å². The van der Waals surface area contributed by atoms with Crippen LogP contribution < -0.4 is 5.32 Å². The summed E-state index contributed by atoms with van der Waals surface area (Å²) < 4.78 is 11.7. The van der Waals surface area contributed by atoms with Crippen molar-refractivity contribution in [2.45, 2.75) is 50.7 Å². The maximum absolute atomic E-state index is 11.7. The minimum Gasteiger partial charge on any atom is -0.316 e. The number of nitrogens with one attached hydrogen (secondary N) is 1. The van der Waals surface area contributed by atoms with E-state index >= 15 is 0 Å². The van der Waals surface area contributed by atoms with Gasteiger partial charge in [-0.2, -0.15) is 0 Å².